The molecular formula is C24H27N3OS. The number of hydrogen-bond donors (Lipinski definition) is 1. The zero-order valence-electron chi connectivity index (χ0n) is 17.3. The number of thiazole rings is 1. The molecule has 0 amide bonds. The predicted molar refractivity (Wildman–Crippen MR) is 118 cm³/mol. The van der Waals surface area contributed by atoms with Gasteiger partial charge in [-0.25, -0.2) is 4.98 Å². The fourth-order valence-electron chi connectivity index (χ4n) is 4.20. The number of fused-ring (bicyclic) bond motifs is 1. The Labute approximate surface area is 176 Å². The predicted octanol–water partition coefficient (Wildman–Crippen LogP) is 5.26. The van der Waals surface area contributed by atoms with Gasteiger partial charge in [-0.05, 0) is 68.0 Å². The quantitative estimate of drug-likeness (QED) is 0.737. The van der Waals surface area contributed by atoms with Crippen molar-refractivity contribution in [2.75, 3.05) is 6.54 Å². The molecule has 1 N–H and O–H groups in total. The second-order valence-corrected chi connectivity index (χ2v) is 8.93. The Bertz CT molecular complexity index is 1010. The number of nitrogens with zero attached hydrogens (tertiary/aromatic N) is 2. The van der Waals surface area contributed by atoms with Gasteiger partial charge in [0.2, 0.25) is 0 Å². The average molecular weight is 406 g/mol. The highest BCUT2D eigenvalue weighted by molar-refractivity contribution is 7.15. The number of aromatic nitrogens is 1. The van der Waals surface area contributed by atoms with Gasteiger partial charge in [0.15, 0.2) is 0 Å². The minimum atomic E-state index is 0.0627. The summed E-state index contributed by atoms with van der Waals surface area (Å²) in [6.45, 7) is 8.22. The van der Waals surface area contributed by atoms with Gasteiger partial charge in [0.1, 0.15) is 10.8 Å². The van der Waals surface area contributed by atoms with Gasteiger partial charge in [-0.2, -0.15) is 5.26 Å². The fourth-order valence-corrected chi connectivity index (χ4v) is 5.25. The normalized spacial score (nSPS) is 18.7. The van der Waals surface area contributed by atoms with Crippen LogP contribution in [0.3, 0.4) is 0 Å². The van der Waals surface area contributed by atoms with Crippen molar-refractivity contribution in [2.24, 2.45) is 0 Å². The summed E-state index contributed by atoms with van der Waals surface area (Å²) < 4.78 is 5.78. The van der Waals surface area contributed by atoms with E-state index in [0.717, 1.165) is 30.9 Å². The maximum atomic E-state index is 9.56. The summed E-state index contributed by atoms with van der Waals surface area (Å²) in [7, 11) is 0. The molecular weight excluding hydrogens is 378 g/mol. The van der Waals surface area contributed by atoms with Crippen molar-refractivity contribution in [3.8, 4) is 16.5 Å². The Balaban J connectivity index is 1.61. The van der Waals surface area contributed by atoms with E-state index < -0.39 is 0 Å². The third kappa shape index (κ3) is 4.01. The summed E-state index contributed by atoms with van der Waals surface area (Å²) in [5.41, 5.74) is 6.43. The summed E-state index contributed by atoms with van der Waals surface area (Å²) in [6.07, 6.45) is 8.92. The molecule has 0 fully saturated rings. The Morgan fingerprint density at radius 2 is 2.24 bits per heavy atom. The largest absolute Gasteiger partial charge is 0.490 e. The molecule has 0 radical (unpaired) electrons. The Morgan fingerprint density at radius 3 is 3.00 bits per heavy atom. The summed E-state index contributed by atoms with van der Waals surface area (Å²) in [6, 6.07) is 6.85. The maximum Gasteiger partial charge on any atom is 0.133 e. The molecule has 2 aliphatic rings. The molecule has 0 saturated heterocycles. The monoisotopic (exact) mass is 405 g/mol. The molecule has 1 aromatic carbocycles. The van der Waals surface area contributed by atoms with Crippen LogP contribution >= 0.6 is 11.3 Å². The SMILES string of the molecule is CCc1c(-c2cnc(C3C=CC(OC(C)C)=C(C#N)C3)s2)ccc2c1CCNC2. The minimum absolute atomic E-state index is 0.0627. The second kappa shape index (κ2) is 8.52. The summed E-state index contributed by atoms with van der Waals surface area (Å²) in [4.78, 5) is 5.96. The van der Waals surface area contributed by atoms with Gasteiger partial charge in [-0.15, -0.1) is 11.3 Å². The zero-order chi connectivity index (χ0) is 20.4. The average Bonchev–Trinajstić information content (AvgIpc) is 3.22. The number of allylic oxidation sites excluding steroid dienone is 3. The third-order valence-corrected chi connectivity index (χ3v) is 6.72. The fraction of sp³-hybridized carbons (Fsp3) is 0.417. The van der Waals surface area contributed by atoms with Gasteiger partial charge in [0, 0.05) is 18.7 Å². The molecule has 29 heavy (non-hydrogen) atoms. The highest BCUT2D eigenvalue weighted by atomic mass is 32.1. The van der Waals surface area contributed by atoms with Crippen molar-refractivity contribution in [2.45, 2.75) is 58.6 Å². The van der Waals surface area contributed by atoms with Crippen molar-refractivity contribution in [1.82, 2.24) is 10.3 Å². The van der Waals surface area contributed by atoms with Crippen LogP contribution < -0.4 is 5.32 Å². The van der Waals surface area contributed by atoms with E-state index in [1.807, 2.05) is 26.1 Å². The van der Waals surface area contributed by atoms with E-state index in [0.29, 0.717) is 17.8 Å². The van der Waals surface area contributed by atoms with Crippen LogP contribution in [0.25, 0.3) is 10.4 Å². The maximum absolute atomic E-state index is 9.56. The summed E-state index contributed by atoms with van der Waals surface area (Å²) >= 11 is 1.75. The van der Waals surface area contributed by atoms with Gasteiger partial charge >= 0.3 is 0 Å². The number of nitrogens with one attached hydrogen (secondary N) is 1. The van der Waals surface area contributed by atoms with Crippen molar-refractivity contribution in [3.63, 3.8) is 0 Å². The van der Waals surface area contributed by atoms with Gasteiger partial charge in [-0.3, -0.25) is 0 Å². The van der Waals surface area contributed by atoms with Crippen molar-refractivity contribution >= 4 is 11.3 Å². The van der Waals surface area contributed by atoms with Gasteiger partial charge < -0.3 is 10.1 Å². The highest BCUT2D eigenvalue weighted by Crippen LogP contribution is 2.39. The van der Waals surface area contributed by atoms with Crippen LogP contribution in [0.2, 0.25) is 0 Å². The Morgan fingerprint density at radius 1 is 1.38 bits per heavy atom. The number of nitriles is 1. The molecule has 2 heterocycles. The van der Waals surface area contributed by atoms with Crippen LogP contribution in [0.5, 0.6) is 0 Å². The lowest BCUT2D eigenvalue weighted by Gasteiger charge is -2.22. The molecule has 2 aromatic rings. The van der Waals surface area contributed by atoms with Gasteiger partial charge in [0.05, 0.1) is 22.6 Å². The molecule has 4 nitrogen and oxygen atoms in total. The lowest BCUT2D eigenvalue weighted by atomic mass is 9.90. The highest BCUT2D eigenvalue weighted by Gasteiger charge is 2.23. The first-order chi connectivity index (χ1) is 14.1. The zero-order valence-corrected chi connectivity index (χ0v) is 18.1. The van der Waals surface area contributed by atoms with Crippen LogP contribution in [-0.4, -0.2) is 17.6 Å². The molecule has 0 saturated carbocycles. The van der Waals surface area contributed by atoms with Crippen LogP contribution in [0, 0.1) is 11.3 Å². The first kappa shape index (κ1) is 19.9. The van der Waals surface area contributed by atoms with E-state index in [-0.39, 0.29) is 12.0 Å². The first-order valence-electron chi connectivity index (χ1n) is 10.4. The molecule has 1 aromatic heterocycles. The van der Waals surface area contributed by atoms with Crippen LogP contribution in [0.4, 0.5) is 0 Å². The standard InChI is InChI=1S/C24H27N3OS/c1-4-19-20-9-10-26-13-17(20)5-7-21(19)23-14-27-24(29-23)16-6-8-22(28-15(2)3)18(11-16)12-25/h5-8,14-16,26H,4,9-11,13H2,1-3H3. The Hall–Kier alpha value is -2.42. The molecule has 0 bridgehead atoms. The first-order valence-corrected chi connectivity index (χ1v) is 11.2. The minimum Gasteiger partial charge on any atom is -0.490 e. The van der Waals surface area contributed by atoms with Crippen LogP contribution in [-0.2, 0) is 24.1 Å². The topological polar surface area (TPSA) is 57.9 Å². The van der Waals surface area contributed by atoms with E-state index in [1.54, 1.807) is 11.3 Å². The molecule has 5 heteroatoms. The van der Waals surface area contributed by atoms with Crippen LogP contribution in [0.1, 0.15) is 54.8 Å². The van der Waals surface area contributed by atoms with Gasteiger partial charge in [0.25, 0.3) is 0 Å². The van der Waals surface area contributed by atoms with E-state index in [4.69, 9.17) is 9.72 Å². The lowest BCUT2D eigenvalue weighted by Crippen LogP contribution is -2.24. The number of benzene rings is 1. The molecule has 4 rings (SSSR count). The van der Waals surface area contributed by atoms with E-state index in [2.05, 4.69) is 36.5 Å². The van der Waals surface area contributed by atoms with E-state index in [1.165, 1.54) is 27.1 Å². The Kier molecular flexibility index (Phi) is 5.84. The summed E-state index contributed by atoms with van der Waals surface area (Å²) in [5, 5.41) is 14.1. The molecule has 0 spiro atoms. The van der Waals surface area contributed by atoms with Crippen molar-refractivity contribution in [3.05, 3.63) is 63.5 Å². The van der Waals surface area contributed by atoms with Crippen molar-refractivity contribution < 1.29 is 4.74 Å². The molecule has 1 atom stereocenters. The molecule has 1 aliphatic carbocycles. The van der Waals surface area contributed by atoms with E-state index in [9.17, 15) is 5.26 Å². The molecule has 1 aliphatic heterocycles. The molecule has 1 unspecified atom stereocenters. The van der Waals surface area contributed by atoms with Crippen molar-refractivity contribution in [1.29, 1.82) is 5.26 Å². The number of ether oxygens (including phenoxy) is 1. The second-order valence-electron chi connectivity index (χ2n) is 7.86. The molecule has 150 valence electrons. The van der Waals surface area contributed by atoms with Gasteiger partial charge in [-0.1, -0.05) is 25.1 Å². The van der Waals surface area contributed by atoms with Crippen LogP contribution in [0.15, 0.2) is 41.8 Å². The van der Waals surface area contributed by atoms with E-state index >= 15 is 0 Å². The lowest BCUT2D eigenvalue weighted by molar-refractivity contribution is 0.154. The number of rotatable bonds is 5. The number of hydrogen-bond acceptors (Lipinski definition) is 5. The smallest absolute Gasteiger partial charge is 0.133 e. The third-order valence-electron chi connectivity index (χ3n) is 5.55. The summed E-state index contributed by atoms with van der Waals surface area (Å²) in [5.74, 6) is 0.835.